The molecule has 1 aromatic heterocycles. The third-order valence-electron chi connectivity index (χ3n) is 3.40. The van der Waals surface area contributed by atoms with Gasteiger partial charge in [-0.15, -0.1) is 0 Å². The second-order valence-corrected chi connectivity index (χ2v) is 5.13. The van der Waals surface area contributed by atoms with E-state index >= 15 is 0 Å². The minimum absolute atomic E-state index is 0.0425. The third-order valence-corrected chi connectivity index (χ3v) is 3.40. The minimum atomic E-state index is -0.146. The first-order chi connectivity index (χ1) is 8.57. The Morgan fingerprint density at radius 2 is 2.11 bits per heavy atom. The van der Waals surface area contributed by atoms with Gasteiger partial charge in [-0.1, -0.05) is 18.2 Å². The summed E-state index contributed by atoms with van der Waals surface area (Å²) in [4.78, 5) is 16.4. The number of hydrogen-bond acceptors (Lipinski definition) is 3. The van der Waals surface area contributed by atoms with Crippen LogP contribution in [0.2, 0.25) is 0 Å². The molecule has 0 saturated heterocycles. The molecular formula is C14H15N3O. The van der Waals surface area contributed by atoms with E-state index in [1.165, 1.54) is 0 Å². The number of fused-ring (bicyclic) bond motifs is 1. The lowest BCUT2D eigenvalue weighted by Gasteiger charge is -2.12. The van der Waals surface area contributed by atoms with Crippen LogP contribution in [0.5, 0.6) is 0 Å². The summed E-state index contributed by atoms with van der Waals surface area (Å²) < 4.78 is 0. The molecule has 4 heteroatoms. The molecular weight excluding hydrogens is 226 g/mol. The highest BCUT2D eigenvalue weighted by Crippen LogP contribution is 2.34. The number of para-hydroxylation sites is 1. The van der Waals surface area contributed by atoms with Crippen LogP contribution in [0.25, 0.3) is 10.9 Å². The summed E-state index contributed by atoms with van der Waals surface area (Å²) in [5.41, 5.74) is 7.64. The van der Waals surface area contributed by atoms with Gasteiger partial charge in [-0.2, -0.15) is 0 Å². The van der Waals surface area contributed by atoms with E-state index in [-0.39, 0.29) is 11.4 Å². The van der Waals surface area contributed by atoms with Crippen molar-refractivity contribution in [3.05, 3.63) is 36.0 Å². The van der Waals surface area contributed by atoms with Crippen molar-refractivity contribution in [3.8, 4) is 0 Å². The Morgan fingerprint density at radius 3 is 2.83 bits per heavy atom. The van der Waals surface area contributed by atoms with E-state index in [4.69, 9.17) is 5.73 Å². The summed E-state index contributed by atoms with van der Waals surface area (Å²) in [7, 11) is 0. The molecule has 1 saturated carbocycles. The fourth-order valence-electron chi connectivity index (χ4n) is 1.97. The first-order valence-corrected chi connectivity index (χ1v) is 6.05. The van der Waals surface area contributed by atoms with Crippen LogP contribution in [0.15, 0.2) is 30.3 Å². The summed E-state index contributed by atoms with van der Waals surface area (Å²) in [5, 5.41) is 3.86. The van der Waals surface area contributed by atoms with Crippen molar-refractivity contribution in [3.63, 3.8) is 0 Å². The van der Waals surface area contributed by atoms with Gasteiger partial charge in [-0.05, 0) is 31.9 Å². The lowest BCUT2D eigenvalue weighted by molar-refractivity contribution is 0.0931. The number of nitrogens with zero attached hydrogens (tertiary/aromatic N) is 1. The highest BCUT2D eigenvalue weighted by atomic mass is 16.2. The Kier molecular flexibility index (Phi) is 2.26. The van der Waals surface area contributed by atoms with Gasteiger partial charge >= 0.3 is 0 Å². The molecule has 18 heavy (non-hydrogen) atoms. The van der Waals surface area contributed by atoms with Gasteiger partial charge in [0.05, 0.1) is 5.52 Å². The number of amides is 1. The van der Waals surface area contributed by atoms with Crippen molar-refractivity contribution in [1.29, 1.82) is 0 Å². The lowest BCUT2D eigenvalue weighted by Crippen LogP contribution is -2.34. The smallest absolute Gasteiger partial charge is 0.270 e. The number of carbonyl (C=O) groups is 1. The standard InChI is InChI=1S/C14H15N3O/c1-14(6-7-14)17-13(18)12-8-10(15)9-4-2-3-5-11(9)16-12/h2-5,8H,6-7H2,1H3,(H2,15,16)(H,17,18). The largest absolute Gasteiger partial charge is 0.398 e. The van der Waals surface area contributed by atoms with E-state index in [1.54, 1.807) is 6.07 Å². The van der Waals surface area contributed by atoms with Gasteiger partial charge in [0.1, 0.15) is 5.69 Å². The molecule has 92 valence electrons. The predicted octanol–water partition coefficient (Wildman–Crippen LogP) is 2.10. The number of benzene rings is 1. The SMILES string of the molecule is CC1(NC(=O)c2cc(N)c3ccccc3n2)CC1. The topological polar surface area (TPSA) is 68.0 Å². The van der Waals surface area contributed by atoms with E-state index in [0.29, 0.717) is 11.4 Å². The number of aromatic nitrogens is 1. The average molecular weight is 241 g/mol. The van der Waals surface area contributed by atoms with Crippen LogP contribution in [0, 0.1) is 0 Å². The second kappa shape index (κ2) is 3.70. The van der Waals surface area contributed by atoms with Gasteiger partial charge in [0, 0.05) is 16.6 Å². The van der Waals surface area contributed by atoms with Crippen molar-refractivity contribution in [2.75, 3.05) is 5.73 Å². The molecule has 2 aromatic rings. The summed E-state index contributed by atoms with van der Waals surface area (Å²) >= 11 is 0. The Balaban J connectivity index is 1.99. The van der Waals surface area contributed by atoms with Crippen molar-refractivity contribution in [2.24, 2.45) is 0 Å². The maximum absolute atomic E-state index is 12.1. The fraction of sp³-hybridized carbons (Fsp3) is 0.286. The van der Waals surface area contributed by atoms with Crippen LogP contribution >= 0.6 is 0 Å². The molecule has 0 bridgehead atoms. The van der Waals surface area contributed by atoms with E-state index in [2.05, 4.69) is 10.3 Å². The minimum Gasteiger partial charge on any atom is -0.398 e. The van der Waals surface area contributed by atoms with Crippen LogP contribution in [0.4, 0.5) is 5.69 Å². The molecule has 0 radical (unpaired) electrons. The highest BCUT2D eigenvalue weighted by molar-refractivity contribution is 5.99. The Labute approximate surface area is 105 Å². The van der Waals surface area contributed by atoms with Gasteiger partial charge in [0.2, 0.25) is 0 Å². The normalized spacial score (nSPS) is 16.5. The fourth-order valence-corrected chi connectivity index (χ4v) is 1.97. The number of rotatable bonds is 2. The monoisotopic (exact) mass is 241 g/mol. The predicted molar refractivity (Wildman–Crippen MR) is 71.3 cm³/mol. The maximum Gasteiger partial charge on any atom is 0.270 e. The zero-order valence-electron chi connectivity index (χ0n) is 10.2. The number of hydrogen-bond donors (Lipinski definition) is 2. The highest BCUT2D eigenvalue weighted by Gasteiger charge is 2.39. The van der Waals surface area contributed by atoms with E-state index < -0.39 is 0 Å². The van der Waals surface area contributed by atoms with Crippen LogP contribution in [0.3, 0.4) is 0 Å². The summed E-state index contributed by atoms with van der Waals surface area (Å²) in [6.45, 7) is 2.04. The molecule has 4 nitrogen and oxygen atoms in total. The van der Waals surface area contributed by atoms with Gasteiger partial charge in [0.25, 0.3) is 5.91 Å². The van der Waals surface area contributed by atoms with Crippen molar-refractivity contribution in [1.82, 2.24) is 10.3 Å². The van der Waals surface area contributed by atoms with Crippen molar-refractivity contribution < 1.29 is 4.79 Å². The molecule has 1 heterocycles. The summed E-state index contributed by atoms with van der Waals surface area (Å²) in [6, 6.07) is 9.20. The van der Waals surface area contributed by atoms with Gasteiger partial charge in [0.15, 0.2) is 0 Å². The number of carbonyl (C=O) groups excluding carboxylic acids is 1. The average Bonchev–Trinajstić information content (AvgIpc) is 3.06. The summed E-state index contributed by atoms with van der Waals surface area (Å²) in [5.74, 6) is -0.146. The zero-order valence-corrected chi connectivity index (χ0v) is 10.2. The number of nitrogens with one attached hydrogen (secondary N) is 1. The molecule has 1 fully saturated rings. The third kappa shape index (κ3) is 1.90. The van der Waals surface area contributed by atoms with Crippen molar-refractivity contribution >= 4 is 22.5 Å². The van der Waals surface area contributed by atoms with Gasteiger partial charge < -0.3 is 11.1 Å². The second-order valence-electron chi connectivity index (χ2n) is 5.13. The van der Waals surface area contributed by atoms with E-state index in [1.807, 2.05) is 31.2 Å². The van der Waals surface area contributed by atoms with Crippen LogP contribution in [-0.2, 0) is 0 Å². The number of nitrogens with two attached hydrogens (primary N) is 1. The Morgan fingerprint density at radius 1 is 1.39 bits per heavy atom. The molecule has 3 rings (SSSR count). The first kappa shape index (κ1) is 11.0. The molecule has 1 aliphatic rings. The van der Waals surface area contributed by atoms with E-state index in [0.717, 1.165) is 23.7 Å². The molecule has 0 aliphatic heterocycles. The number of anilines is 1. The molecule has 1 aliphatic carbocycles. The van der Waals surface area contributed by atoms with Gasteiger partial charge in [-0.3, -0.25) is 4.79 Å². The molecule has 0 unspecified atom stereocenters. The maximum atomic E-state index is 12.1. The van der Waals surface area contributed by atoms with Crippen molar-refractivity contribution in [2.45, 2.75) is 25.3 Å². The van der Waals surface area contributed by atoms with Crippen LogP contribution < -0.4 is 11.1 Å². The summed E-state index contributed by atoms with van der Waals surface area (Å²) in [6.07, 6.45) is 2.06. The first-order valence-electron chi connectivity index (χ1n) is 6.05. The van der Waals surface area contributed by atoms with Crippen LogP contribution in [-0.4, -0.2) is 16.4 Å². The zero-order chi connectivity index (χ0) is 12.8. The van der Waals surface area contributed by atoms with Crippen LogP contribution in [0.1, 0.15) is 30.3 Å². The molecule has 1 amide bonds. The number of pyridine rings is 1. The quantitative estimate of drug-likeness (QED) is 0.846. The molecule has 0 atom stereocenters. The van der Waals surface area contributed by atoms with Gasteiger partial charge in [-0.25, -0.2) is 4.98 Å². The molecule has 0 spiro atoms. The molecule has 1 aromatic carbocycles. The molecule has 3 N–H and O–H groups in total. The number of nitrogen functional groups attached to an aromatic ring is 1. The Hall–Kier alpha value is -2.10. The van der Waals surface area contributed by atoms with E-state index in [9.17, 15) is 4.79 Å². The Bertz CT molecular complexity index is 632. The lowest BCUT2D eigenvalue weighted by atomic mass is 10.1.